The summed E-state index contributed by atoms with van der Waals surface area (Å²) < 4.78 is 39.9. The summed E-state index contributed by atoms with van der Waals surface area (Å²) in [7, 11) is 0. The van der Waals surface area contributed by atoms with Crippen LogP contribution in [0.15, 0.2) is 18.2 Å². The molecule has 0 amide bonds. The van der Waals surface area contributed by atoms with E-state index in [1.54, 1.807) is 0 Å². The minimum absolute atomic E-state index is 0.428. The predicted octanol–water partition coefficient (Wildman–Crippen LogP) is 2.49. The number of carboxylic acid groups (broad SMARTS) is 1. The van der Waals surface area contributed by atoms with Crippen molar-refractivity contribution in [2.45, 2.75) is 13.3 Å². The summed E-state index contributed by atoms with van der Waals surface area (Å²) in [5.74, 6) is -3.31. The lowest BCUT2D eigenvalue weighted by atomic mass is 10.1. The molecule has 1 N–H and O–H groups in total. The van der Waals surface area contributed by atoms with Crippen molar-refractivity contribution < 1.29 is 32.6 Å². The van der Waals surface area contributed by atoms with Crippen molar-refractivity contribution >= 4 is 11.8 Å². The van der Waals surface area contributed by atoms with Crippen LogP contribution < -0.4 is 4.74 Å². The molecular weight excluding hydrogens is 241 g/mol. The Balaban J connectivity index is 3.39. The van der Waals surface area contributed by atoms with Gasteiger partial charge >= 0.3 is 12.3 Å². The van der Waals surface area contributed by atoms with Crippen LogP contribution in [-0.4, -0.2) is 23.2 Å². The van der Waals surface area contributed by atoms with Crippen molar-refractivity contribution in [2.75, 3.05) is 0 Å². The SMILES string of the molecule is CC(=O)c1cccc(C(=O)O)c1OC(F)(F)F. The zero-order chi connectivity index (χ0) is 13.2. The maximum absolute atomic E-state index is 12.1. The maximum Gasteiger partial charge on any atom is 0.573 e. The largest absolute Gasteiger partial charge is 0.573 e. The van der Waals surface area contributed by atoms with E-state index in [-0.39, 0.29) is 0 Å². The second-order valence-corrected chi connectivity index (χ2v) is 3.09. The predicted molar refractivity (Wildman–Crippen MR) is 50.1 cm³/mol. The monoisotopic (exact) mass is 248 g/mol. The highest BCUT2D eigenvalue weighted by atomic mass is 19.4. The van der Waals surface area contributed by atoms with Crippen molar-refractivity contribution in [3.63, 3.8) is 0 Å². The third-order valence-electron chi connectivity index (χ3n) is 1.84. The summed E-state index contributed by atoms with van der Waals surface area (Å²) in [6.45, 7) is 1.02. The molecule has 0 unspecified atom stereocenters. The number of ether oxygens (including phenoxy) is 1. The number of hydrogen-bond acceptors (Lipinski definition) is 3. The third-order valence-corrected chi connectivity index (χ3v) is 1.84. The Bertz CT molecular complexity index is 433. The molecule has 0 fully saturated rings. The minimum Gasteiger partial charge on any atom is -0.478 e. The van der Waals surface area contributed by atoms with Crippen molar-refractivity contribution in [1.29, 1.82) is 0 Å². The summed E-state index contributed by atoms with van der Waals surface area (Å²) in [5.41, 5.74) is -1.14. The normalized spacial score (nSPS) is 11.1. The van der Waals surface area contributed by atoms with Gasteiger partial charge in [0.1, 0.15) is 5.56 Å². The van der Waals surface area contributed by atoms with E-state index >= 15 is 0 Å². The van der Waals surface area contributed by atoms with Gasteiger partial charge in [-0.2, -0.15) is 0 Å². The van der Waals surface area contributed by atoms with Gasteiger partial charge in [-0.15, -0.1) is 13.2 Å². The highest BCUT2D eigenvalue weighted by Gasteiger charge is 2.34. The first-order valence-corrected chi connectivity index (χ1v) is 4.35. The van der Waals surface area contributed by atoms with E-state index in [1.807, 2.05) is 0 Å². The number of carbonyl (C=O) groups excluding carboxylic acids is 1. The topological polar surface area (TPSA) is 63.6 Å². The average molecular weight is 248 g/mol. The van der Waals surface area contributed by atoms with Gasteiger partial charge in [0.25, 0.3) is 0 Å². The average Bonchev–Trinajstić information content (AvgIpc) is 2.14. The number of Topliss-reactive ketones (excluding diaryl/α,β-unsaturated/α-hetero) is 1. The van der Waals surface area contributed by atoms with Gasteiger partial charge in [0.05, 0.1) is 5.56 Å². The molecule has 0 heterocycles. The van der Waals surface area contributed by atoms with Crippen LogP contribution in [0.1, 0.15) is 27.6 Å². The van der Waals surface area contributed by atoms with Crippen molar-refractivity contribution in [2.24, 2.45) is 0 Å². The Morgan fingerprint density at radius 3 is 2.18 bits per heavy atom. The number of rotatable bonds is 3. The Morgan fingerprint density at radius 2 is 1.76 bits per heavy atom. The van der Waals surface area contributed by atoms with E-state index in [0.29, 0.717) is 0 Å². The Hall–Kier alpha value is -2.05. The number of benzene rings is 1. The molecular formula is C10H7F3O4. The van der Waals surface area contributed by atoms with E-state index in [9.17, 15) is 22.8 Å². The number of carboxylic acids is 1. The molecule has 92 valence electrons. The summed E-state index contributed by atoms with van der Waals surface area (Å²) in [5, 5.41) is 8.71. The molecule has 17 heavy (non-hydrogen) atoms. The summed E-state index contributed by atoms with van der Waals surface area (Å²) in [4.78, 5) is 21.8. The number of aromatic carboxylic acids is 1. The molecule has 0 aliphatic carbocycles. The standard InChI is InChI=1S/C10H7F3O4/c1-5(14)6-3-2-4-7(9(15)16)8(6)17-10(11,12)13/h2-4H,1H3,(H,15,16). The van der Waals surface area contributed by atoms with Crippen LogP contribution >= 0.6 is 0 Å². The number of para-hydroxylation sites is 1. The van der Waals surface area contributed by atoms with Crippen molar-refractivity contribution in [3.05, 3.63) is 29.3 Å². The second kappa shape index (κ2) is 4.44. The van der Waals surface area contributed by atoms with Gasteiger partial charge in [0.15, 0.2) is 11.5 Å². The molecule has 4 nitrogen and oxygen atoms in total. The number of alkyl halides is 3. The van der Waals surface area contributed by atoms with Crippen LogP contribution in [0.2, 0.25) is 0 Å². The molecule has 0 atom stereocenters. The molecule has 0 radical (unpaired) electrons. The van der Waals surface area contributed by atoms with E-state index in [0.717, 1.165) is 19.1 Å². The van der Waals surface area contributed by atoms with Crippen LogP contribution in [0, 0.1) is 0 Å². The third kappa shape index (κ3) is 3.20. The van der Waals surface area contributed by atoms with Crippen molar-refractivity contribution in [1.82, 2.24) is 0 Å². The van der Waals surface area contributed by atoms with Gasteiger partial charge in [-0.3, -0.25) is 4.79 Å². The quantitative estimate of drug-likeness (QED) is 0.834. The van der Waals surface area contributed by atoms with Gasteiger partial charge < -0.3 is 9.84 Å². The highest BCUT2D eigenvalue weighted by Crippen LogP contribution is 2.30. The van der Waals surface area contributed by atoms with Crippen molar-refractivity contribution in [3.8, 4) is 5.75 Å². The fourth-order valence-corrected chi connectivity index (χ4v) is 1.21. The smallest absolute Gasteiger partial charge is 0.478 e. The van der Waals surface area contributed by atoms with Crippen LogP contribution in [-0.2, 0) is 0 Å². The Labute approximate surface area is 93.6 Å². The van der Waals surface area contributed by atoms with Gasteiger partial charge in [-0.05, 0) is 19.1 Å². The van der Waals surface area contributed by atoms with Gasteiger partial charge in [-0.25, -0.2) is 4.79 Å². The molecule has 0 bridgehead atoms. The maximum atomic E-state index is 12.1. The Kier molecular flexibility index (Phi) is 3.40. The summed E-state index contributed by atoms with van der Waals surface area (Å²) >= 11 is 0. The van der Waals surface area contributed by atoms with Gasteiger partial charge in [0.2, 0.25) is 0 Å². The number of carbonyl (C=O) groups is 2. The lowest BCUT2D eigenvalue weighted by Crippen LogP contribution is -2.21. The minimum atomic E-state index is -5.06. The molecule has 0 aromatic heterocycles. The van der Waals surface area contributed by atoms with E-state index < -0.39 is 35.0 Å². The highest BCUT2D eigenvalue weighted by molar-refractivity contribution is 6.01. The lowest BCUT2D eigenvalue weighted by Gasteiger charge is -2.13. The van der Waals surface area contributed by atoms with Crippen LogP contribution in [0.5, 0.6) is 5.75 Å². The summed E-state index contributed by atoms with van der Waals surface area (Å²) in [6, 6.07) is 3.16. The fourth-order valence-electron chi connectivity index (χ4n) is 1.21. The molecule has 0 aliphatic heterocycles. The van der Waals surface area contributed by atoms with Gasteiger partial charge in [0, 0.05) is 0 Å². The number of ketones is 1. The van der Waals surface area contributed by atoms with E-state index in [2.05, 4.69) is 4.74 Å². The summed E-state index contributed by atoms with van der Waals surface area (Å²) in [6.07, 6.45) is -5.06. The first kappa shape index (κ1) is 13.0. The molecule has 0 aliphatic rings. The first-order chi connectivity index (χ1) is 7.72. The van der Waals surface area contributed by atoms with E-state index in [4.69, 9.17) is 5.11 Å². The van der Waals surface area contributed by atoms with Crippen LogP contribution in [0.4, 0.5) is 13.2 Å². The zero-order valence-corrected chi connectivity index (χ0v) is 8.54. The molecule has 0 saturated heterocycles. The van der Waals surface area contributed by atoms with E-state index in [1.165, 1.54) is 6.07 Å². The number of hydrogen-bond donors (Lipinski definition) is 1. The molecule has 1 rings (SSSR count). The van der Waals surface area contributed by atoms with Crippen LogP contribution in [0.3, 0.4) is 0 Å². The van der Waals surface area contributed by atoms with Crippen LogP contribution in [0.25, 0.3) is 0 Å². The molecule has 7 heteroatoms. The molecule has 0 spiro atoms. The molecule has 1 aromatic carbocycles. The van der Waals surface area contributed by atoms with Gasteiger partial charge in [-0.1, -0.05) is 6.07 Å². The lowest BCUT2D eigenvalue weighted by molar-refractivity contribution is -0.274. The fraction of sp³-hybridized carbons (Fsp3) is 0.200. The molecule has 1 aromatic rings. The zero-order valence-electron chi connectivity index (χ0n) is 8.54. The molecule has 0 saturated carbocycles. The number of halogens is 3. The Morgan fingerprint density at radius 1 is 1.24 bits per heavy atom. The second-order valence-electron chi connectivity index (χ2n) is 3.09. The first-order valence-electron chi connectivity index (χ1n) is 4.35.